The molecule has 4 rings (SSSR count). The molecule has 1 aromatic carbocycles. The Morgan fingerprint density at radius 1 is 1.20 bits per heavy atom. The highest BCUT2D eigenvalue weighted by molar-refractivity contribution is 8.14. The van der Waals surface area contributed by atoms with Crippen LogP contribution in [0.3, 0.4) is 0 Å². The summed E-state index contributed by atoms with van der Waals surface area (Å²) < 4.78 is 0. The van der Waals surface area contributed by atoms with Gasteiger partial charge in [0, 0.05) is 43.2 Å². The Balaban J connectivity index is 1.49. The molecule has 3 heterocycles. The second kappa shape index (κ2) is 9.54. The fourth-order valence-electron chi connectivity index (χ4n) is 3.77. The molecule has 1 aromatic heterocycles. The Bertz CT molecular complexity index is 934. The summed E-state index contributed by atoms with van der Waals surface area (Å²) in [6.45, 7) is 3.66. The lowest BCUT2D eigenvalue weighted by Gasteiger charge is -2.34. The number of carbonyl (C=O) groups is 1. The van der Waals surface area contributed by atoms with Crippen molar-refractivity contribution in [1.29, 1.82) is 0 Å². The number of piperidine rings is 1. The number of aromatic nitrogens is 2. The predicted molar refractivity (Wildman–Crippen MR) is 124 cm³/mol. The zero-order valence-corrected chi connectivity index (χ0v) is 19.0. The van der Waals surface area contributed by atoms with Gasteiger partial charge in [-0.25, -0.2) is 15.0 Å². The number of benzene rings is 1. The lowest BCUT2D eigenvalue weighted by molar-refractivity contribution is -0.133. The smallest absolute Gasteiger partial charge is 0.232 e. The number of thioether (sulfide) groups is 1. The van der Waals surface area contributed by atoms with Crippen LogP contribution >= 0.6 is 35.0 Å². The van der Waals surface area contributed by atoms with E-state index in [1.165, 1.54) is 0 Å². The van der Waals surface area contributed by atoms with Crippen LogP contribution in [0.15, 0.2) is 41.7 Å². The second-order valence-corrected chi connectivity index (χ2v) is 9.19. The molecule has 1 unspecified atom stereocenters. The average molecular weight is 464 g/mol. The standard InChI is InChI=1S/C21H23Cl2N5OS/c1-2-16-13-30-21(26-15-4-5-17(22)18(23)12-15)28(16)19(29)14-6-10-27(11-7-14)20-24-8-3-9-25-20/h3-5,8-9,12,14,16H,2,6-7,10-11,13H2,1H3. The van der Waals surface area contributed by atoms with Crippen LogP contribution in [-0.4, -0.2) is 50.8 Å². The number of anilines is 1. The molecule has 9 heteroatoms. The van der Waals surface area contributed by atoms with Gasteiger partial charge in [0.05, 0.1) is 15.7 Å². The van der Waals surface area contributed by atoms with Crippen molar-refractivity contribution in [2.24, 2.45) is 10.9 Å². The topological polar surface area (TPSA) is 61.7 Å². The minimum Gasteiger partial charge on any atom is -0.341 e. The summed E-state index contributed by atoms with van der Waals surface area (Å²) in [7, 11) is 0. The van der Waals surface area contributed by atoms with Gasteiger partial charge in [-0.15, -0.1) is 0 Å². The monoisotopic (exact) mass is 463 g/mol. The minimum absolute atomic E-state index is 0.0169. The first-order valence-electron chi connectivity index (χ1n) is 10.1. The molecule has 2 aromatic rings. The zero-order chi connectivity index (χ0) is 21.1. The quantitative estimate of drug-likeness (QED) is 0.635. The molecular formula is C21H23Cl2N5OS. The highest BCUT2D eigenvalue weighted by atomic mass is 35.5. The molecule has 2 fully saturated rings. The lowest BCUT2D eigenvalue weighted by Crippen LogP contribution is -2.46. The van der Waals surface area contributed by atoms with E-state index in [2.05, 4.69) is 21.8 Å². The Morgan fingerprint density at radius 3 is 2.60 bits per heavy atom. The first-order valence-corrected chi connectivity index (χ1v) is 11.8. The molecule has 0 saturated carbocycles. The second-order valence-electron chi connectivity index (χ2n) is 7.38. The van der Waals surface area contributed by atoms with Gasteiger partial charge in [-0.05, 0) is 43.5 Å². The van der Waals surface area contributed by atoms with Gasteiger partial charge in [0.2, 0.25) is 11.9 Å². The van der Waals surface area contributed by atoms with Gasteiger partial charge in [0.25, 0.3) is 0 Å². The molecule has 0 radical (unpaired) electrons. The number of amidine groups is 1. The van der Waals surface area contributed by atoms with Gasteiger partial charge in [0.15, 0.2) is 5.17 Å². The van der Waals surface area contributed by atoms with Crippen molar-refractivity contribution in [2.45, 2.75) is 32.2 Å². The maximum absolute atomic E-state index is 13.5. The largest absolute Gasteiger partial charge is 0.341 e. The molecule has 158 valence electrons. The normalized spacial score (nSPS) is 21.4. The molecule has 2 saturated heterocycles. The molecule has 0 spiro atoms. The number of halogens is 2. The van der Waals surface area contributed by atoms with Crippen molar-refractivity contribution < 1.29 is 4.79 Å². The van der Waals surface area contributed by atoms with Crippen LogP contribution in [0.2, 0.25) is 10.0 Å². The summed E-state index contributed by atoms with van der Waals surface area (Å²) >= 11 is 13.8. The van der Waals surface area contributed by atoms with Crippen LogP contribution in [0.5, 0.6) is 0 Å². The number of carbonyl (C=O) groups excluding carboxylic acids is 1. The Kier molecular flexibility index (Phi) is 6.80. The van der Waals surface area contributed by atoms with Gasteiger partial charge < -0.3 is 4.90 Å². The number of hydrogen-bond donors (Lipinski definition) is 0. The van der Waals surface area contributed by atoms with Crippen molar-refractivity contribution in [3.63, 3.8) is 0 Å². The Morgan fingerprint density at radius 2 is 1.93 bits per heavy atom. The van der Waals surface area contributed by atoms with E-state index >= 15 is 0 Å². The molecular weight excluding hydrogens is 441 g/mol. The van der Waals surface area contributed by atoms with E-state index in [0.29, 0.717) is 15.7 Å². The molecule has 1 amide bonds. The third-order valence-corrected chi connectivity index (χ3v) is 7.33. The SMILES string of the molecule is CCC1CSC(=Nc2ccc(Cl)c(Cl)c2)N1C(=O)C1CCN(c2ncccn2)CC1. The van der Waals surface area contributed by atoms with E-state index in [1.807, 2.05) is 17.0 Å². The summed E-state index contributed by atoms with van der Waals surface area (Å²) in [6.07, 6.45) is 5.97. The van der Waals surface area contributed by atoms with E-state index < -0.39 is 0 Å². The summed E-state index contributed by atoms with van der Waals surface area (Å²) in [5, 5.41) is 1.70. The van der Waals surface area contributed by atoms with Crippen LogP contribution < -0.4 is 4.90 Å². The third kappa shape index (κ3) is 4.58. The minimum atomic E-state index is -0.0169. The molecule has 6 nitrogen and oxygen atoms in total. The molecule has 0 aliphatic carbocycles. The van der Waals surface area contributed by atoms with E-state index in [0.717, 1.165) is 49.2 Å². The van der Waals surface area contributed by atoms with Crippen molar-refractivity contribution in [1.82, 2.24) is 14.9 Å². The molecule has 1 atom stereocenters. The Labute approximate surface area is 190 Å². The third-order valence-electron chi connectivity index (χ3n) is 5.49. The van der Waals surface area contributed by atoms with Gasteiger partial charge in [-0.1, -0.05) is 41.9 Å². The van der Waals surface area contributed by atoms with Crippen LogP contribution in [0.1, 0.15) is 26.2 Å². The number of amides is 1. The van der Waals surface area contributed by atoms with E-state index in [9.17, 15) is 4.79 Å². The van der Waals surface area contributed by atoms with Crippen LogP contribution in [0.25, 0.3) is 0 Å². The van der Waals surface area contributed by atoms with Crippen LogP contribution in [-0.2, 0) is 4.79 Å². The van der Waals surface area contributed by atoms with Gasteiger partial charge in [-0.2, -0.15) is 0 Å². The number of nitrogens with zero attached hydrogens (tertiary/aromatic N) is 5. The van der Waals surface area contributed by atoms with Crippen molar-refractivity contribution in [3.05, 3.63) is 46.7 Å². The average Bonchev–Trinajstić information content (AvgIpc) is 3.19. The van der Waals surface area contributed by atoms with Crippen molar-refractivity contribution in [3.8, 4) is 0 Å². The van der Waals surface area contributed by atoms with E-state index in [1.54, 1.807) is 36.3 Å². The van der Waals surface area contributed by atoms with Gasteiger partial charge in [-0.3, -0.25) is 9.69 Å². The van der Waals surface area contributed by atoms with Gasteiger partial charge >= 0.3 is 0 Å². The van der Waals surface area contributed by atoms with E-state index in [4.69, 9.17) is 28.2 Å². The van der Waals surface area contributed by atoms with Crippen LogP contribution in [0, 0.1) is 5.92 Å². The maximum Gasteiger partial charge on any atom is 0.232 e. The van der Waals surface area contributed by atoms with Crippen LogP contribution in [0.4, 0.5) is 11.6 Å². The molecule has 30 heavy (non-hydrogen) atoms. The summed E-state index contributed by atoms with van der Waals surface area (Å²) in [4.78, 5) is 30.9. The lowest BCUT2D eigenvalue weighted by atomic mass is 9.95. The highest BCUT2D eigenvalue weighted by Crippen LogP contribution is 2.34. The van der Waals surface area contributed by atoms with Crippen molar-refractivity contribution >= 4 is 57.7 Å². The zero-order valence-electron chi connectivity index (χ0n) is 16.7. The Hall–Kier alpha value is -1.83. The molecule has 0 N–H and O–H groups in total. The fraction of sp³-hybridized carbons (Fsp3) is 0.429. The summed E-state index contributed by atoms with van der Waals surface area (Å²) in [6, 6.07) is 7.26. The number of rotatable bonds is 4. The fourth-order valence-corrected chi connectivity index (χ4v) is 5.34. The first-order chi connectivity index (χ1) is 14.6. The van der Waals surface area contributed by atoms with E-state index in [-0.39, 0.29) is 17.9 Å². The molecule has 0 bridgehead atoms. The molecule has 2 aliphatic heterocycles. The maximum atomic E-state index is 13.5. The summed E-state index contributed by atoms with van der Waals surface area (Å²) in [5.41, 5.74) is 0.706. The molecule has 2 aliphatic rings. The highest BCUT2D eigenvalue weighted by Gasteiger charge is 2.38. The van der Waals surface area contributed by atoms with Crippen molar-refractivity contribution in [2.75, 3.05) is 23.7 Å². The predicted octanol–water partition coefficient (Wildman–Crippen LogP) is 5.04. The summed E-state index contributed by atoms with van der Waals surface area (Å²) in [5.74, 6) is 1.74. The number of aliphatic imine (C=N–C) groups is 1. The number of hydrogen-bond acceptors (Lipinski definition) is 6. The van der Waals surface area contributed by atoms with Gasteiger partial charge in [0.1, 0.15) is 0 Å². The first kappa shape index (κ1) is 21.4.